The molecule has 3 N–H and O–H groups in total. The summed E-state index contributed by atoms with van der Waals surface area (Å²) in [6, 6.07) is 10.1. The predicted octanol–water partition coefficient (Wildman–Crippen LogP) is 4.61. The molecular formula is C29H35Cl2F2N3O5. The third-order valence-electron chi connectivity index (χ3n) is 5.76. The molecule has 0 saturated heterocycles. The number of rotatable bonds is 13. The van der Waals surface area contributed by atoms with Gasteiger partial charge >= 0.3 is 5.92 Å². The maximum Gasteiger partial charge on any atom is 0.383 e. The van der Waals surface area contributed by atoms with Crippen molar-refractivity contribution >= 4 is 46.7 Å². The Morgan fingerprint density at radius 3 is 2.05 bits per heavy atom. The molecule has 0 saturated carbocycles. The van der Waals surface area contributed by atoms with Crippen LogP contribution in [0.4, 0.5) is 8.78 Å². The number of halogens is 4. The minimum Gasteiger partial charge on any atom is -0.484 e. The predicted molar refractivity (Wildman–Crippen MR) is 153 cm³/mol. The number of ketones is 1. The minimum absolute atomic E-state index is 0.0110. The van der Waals surface area contributed by atoms with E-state index in [2.05, 4.69) is 16.0 Å². The molecule has 2 aromatic rings. The number of ether oxygens (including phenoxy) is 1. The number of amides is 3. The van der Waals surface area contributed by atoms with Gasteiger partial charge in [-0.15, -0.1) is 0 Å². The summed E-state index contributed by atoms with van der Waals surface area (Å²) in [7, 11) is 0. The Bertz CT molecular complexity index is 1220. The second kappa shape index (κ2) is 14.6. The van der Waals surface area contributed by atoms with Gasteiger partial charge in [-0.25, -0.2) is 0 Å². The van der Waals surface area contributed by atoms with Gasteiger partial charge in [0.05, 0.1) is 6.04 Å². The molecule has 12 heteroatoms. The van der Waals surface area contributed by atoms with E-state index in [0.717, 1.165) is 0 Å². The fourth-order valence-electron chi connectivity index (χ4n) is 3.61. The van der Waals surface area contributed by atoms with Crippen molar-refractivity contribution in [3.63, 3.8) is 0 Å². The molecule has 8 nitrogen and oxygen atoms in total. The van der Waals surface area contributed by atoms with Gasteiger partial charge in [-0.1, -0.05) is 88.2 Å². The van der Waals surface area contributed by atoms with Crippen molar-refractivity contribution in [2.45, 2.75) is 59.0 Å². The second-order valence-electron chi connectivity index (χ2n) is 11.1. The third-order valence-corrected chi connectivity index (χ3v) is 6.20. The Balaban J connectivity index is 2.20. The van der Waals surface area contributed by atoms with Crippen LogP contribution in [-0.4, -0.2) is 54.7 Å². The van der Waals surface area contributed by atoms with Gasteiger partial charge in [0, 0.05) is 23.0 Å². The van der Waals surface area contributed by atoms with E-state index in [4.69, 9.17) is 27.9 Å². The Morgan fingerprint density at radius 2 is 1.51 bits per heavy atom. The third kappa shape index (κ3) is 10.9. The Hall–Kier alpha value is -3.24. The average molecular weight is 615 g/mol. The smallest absolute Gasteiger partial charge is 0.383 e. The quantitative estimate of drug-likeness (QED) is 0.286. The molecule has 0 aliphatic heterocycles. The fourth-order valence-corrected chi connectivity index (χ4v) is 4.11. The monoisotopic (exact) mass is 613 g/mol. The van der Waals surface area contributed by atoms with Gasteiger partial charge in [0.1, 0.15) is 11.8 Å². The molecule has 0 aliphatic rings. The van der Waals surface area contributed by atoms with E-state index in [-0.39, 0.29) is 18.7 Å². The van der Waals surface area contributed by atoms with Crippen LogP contribution in [0.5, 0.6) is 5.75 Å². The van der Waals surface area contributed by atoms with E-state index >= 15 is 0 Å². The standard InChI is InChI=1S/C29H35Cl2F2N3O5/c1-17(2)24(25(38)29(32,33)27(40)34-16-28(3,4)5)36-26(39)22(11-18-9-7-6-8-10-18)35-23(37)15-41-21-13-19(30)12-20(31)14-21/h6-10,12-14,17,22,24H,11,15-16H2,1-5H3,(H,34,40)(H,35,37)(H,36,39). The molecule has 0 aromatic heterocycles. The molecule has 0 radical (unpaired) electrons. The topological polar surface area (TPSA) is 114 Å². The molecule has 2 atom stereocenters. The Morgan fingerprint density at radius 1 is 0.927 bits per heavy atom. The average Bonchev–Trinajstić information content (AvgIpc) is 2.87. The molecule has 0 fully saturated rings. The first kappa shape index (κ1) is 34.0. The first-order chi connectivity index (χ1) is 19.0. The summed E-state index contributed by atoms with van der Waals surface area (Å²) in [5, 5.41) is 7.54. The van der Waals surface area contributed by atoms with Gasteiger partial charge in [-0.2, -0.15) is 8.78 Å². The van der Waals surface area contributed by atoms with E-state index in [1.54, 1.807) is 51.1 Å². The van der Waals surface area contributed by atoms with Crippen LogP contribution in [0.3, 0.4) is 0 Å². The van der Waals surface area contributed by atoms with Crippen LogP contribution >= 0.6 is 23.2 Å². The first-order valence-corrected chi connectivity index (χ1v) is 13.7. The maximum absolute atomic E-state index is 14.9. The van der Waals surface area contributed by atoms with Crippen molar-refractivity contribution < 1.29 is 32.7 Å². The number of alkyl halides is 2. The van der Waals surface area contributed by atoms with Crippen molar-refractivity contribution in [2.24, 2.45) is 11.3 Å². The summed E-state index contributed by atoms with van der Waals surface area (Å²) < 4.78 is 35.2. The van der Waals surface area contributed by atoms with E-state index in [0.29, 0.717) is 15.6 Å². The van der Waals surface area contributed by atoms with Crippen molar-refractivity contribution in [3.8, 4) is 5.75 Å². The van der Waals surface area contributed by atoms with Gasteiger partial charge in [0.25, 0.3) is 11.8 Å². The summed E-state index contributed by atoms with van der Waals surface area (Å²) in [4.78, 5) is 51.2. The normalized spacial score (nSPS) is 13.2. The van der Waals surface area contributed by atoms with Gasteiger partial charge in [-0.05, 0) is 35.1 Å². The summed E-state index contributed by atoms with van der Waals surface area (Å²) in [6.45, 7) is 7.54. The molecule has 41 heavy (non-hydrogen) atoms. The van der Waals surface area contributed by atoms with Gasteiger partial charge in [0.2, 0.25) is 11.7 Å². The van der Waals surface area contributed by atoms with E-state index in [1.165, 1.54) is 32.0 Å². The highest BCUT2D eigenvalue weighted by molar-refractivity contribution is 6.34. The highest BCUT2D eigenvalue weighted by Gasteiger charge is 2.51. The fraction of sp³-hybridized carbons (Fsp3) is 0.448. The van der Waals surface area contributed by atoms with Crippen LogP contribution in [0, 0.1) is 11.3 Å². The van der Waals surface area contributed by atoms with E-state index in [1.807, 2.05) is 0 Å². The van der Waals surface area contributed by atoms with Crippen LogP contribution in [0.25, 0.3) is 0 Å². The zero-order valence-corrected chi connectivity index (χ0v) is 25.0. The summed E-state index contributed by atoms with van der Waals surface area (Å²) >= 11 is 11.9. The van der Waals surface area contributed by atoms with E-state index < -0.39 is 59.5 Å². The molecule has 224 valence electrons. The first-order valence-electron chi connectivity index (χ1n) is 12.9. The van der Waals surface area contributed by atoms with Crippen LogP contribution in [0.15, 0.2) is 48.5 Å². The number of carbonyl (C=O) groups excluding carboxylic acids is 4. The van der Waals surface area contributed by atoms with Crippen molar-refractivity contribution in [1.82, 2.24) is 16.0 Å². The van der Waals surface area contributed by atoms with Gasteiger partial charge < -0.3 is 20.7 Å². The largest absolute Gasteiger partial charge is 0.484 e. The molecule has 0 heterocycles. The van der Waals surface area contributed by atoms with Gasteiger partial charge in [-0.3, -0.25) is 19.2 Å². The van der Waals surface area contributed by atoms with Crippen LogP contribution < -0.4 is 20.7 Å². The minimum atomic E-state index is -4.39. The lowest BCUT2D eigenvalue weighted by Crippen LogP contribution is -2.59. The highest BCUT2D eigenvalue weighted by Crippen LogP contribution is 2.24. The van der Waals surface area contributed by atoms with Crippen LogP contribution in [-0.2, 0) is 25.6 Å². The summed E-state index contributed by atoms with van der Waals surface area (Å²) in [6.07, 6.45) is -0.0110. The molecule has 2 rings (SSSR count). The molecule has 3 amide bonds. The lowest BCUT2D eigenvalue weighted by Gasteiger charge is -2.28. The van der Waals surface area contributed by atoms with Gasteiger partial charge in [0.15, 0.2) is 6.61 Å². The van der Waals surface area contributed by atoms with Crippen molar-refractivity contribution in [2.75, 3.05) is 13.2 Å². The lowest BCUT2D eigenvalue weighted by molar-refractivity contribution is -0.161. The molecule has 2 unspecified atom stereocenters. The number of benzene rings is 2. The molecular weight excluding hydrogens is 579 g/mol. The van der Waals surface area contributed by atoms with Crippen LogP contribution in [0.1, 0.15) is 40.2 Å². The number of nitrogens with one attached hydrogen (secondary N) is 3. The van der Waals surface area contributed by atoms with E-state index in [9.17, 15) is 28.0 Å². The van der Waals surface area contributed by atoms with Crippen molar-refractivity contribution in [3.05, 3.63) is 64.1 Å². The molecule has 0 spiro atoms. The highest BCUT2D eigenvalue weighted by atomic mass is 35.5. The SMILES string of the molecule is CC(C)C(NC(=O)C(Cc1ccccc1)NC(=O)COc1cc(Cl)cc(Cl)c1)C(=O)C(F)(F)C(=O)NCC(C)(C)C. The Labute approximate surface area is 248 Å². The van der Waals surface area contributed by atoms with Crippen molar-refractivity contribution in [1.29, 1.82) is 0 Å². The number of Topliss-reactive ketones (excluding diaryl/α,β-unsaturated/α-hetero) is 1. The number of carbonyl (C=O) groups is 4. The zero-order chi connectivity index (χ0) is 31.0. The summed E-state index contributed by atoms with van der Waals surface area (Å²) in [5.74, 6) is -10.0. The molecule has 0 bridgehead atoms. The Kier molecular flexibility index (Phi) is 12.1. The summed E-state index contributed by atoms with van der Waals surface area (Å²) in [5.41, 5.74) is 0.168. The molecule has 2 aromatic carbocycles. The molecule has 0 aliphatic carbocycles. The number of hydrogen-bond donors (Lipinski definition) is 3. The second-order valence-corrected chi connectivity index (χ2v) is 12.0. The van der Waals surface area contributed by atoms with Crippen LogP contribution in [0.2, 0.25) is 10.0 Å². The maximum atomic E-state index is 14.9. The zero-order valence-electron chi connectivity index (χ0n) is 23.5. The number of hydrogen-bond acceptors (Lipinski definition) is 5. The lowest BCUT2D eigenvalue weighted by atomic mass is 9.93.